The predicted octanol–water partition coefficient (Wildman–Crippen LogP) is 6.25. The van der Waals surface area contributed by atoms with Gasteiger partial charge in [0.25, 0.3) is 11.8 Å². The van der Waals surface area contributed by atoms with Gasteiger partial charge in [-0.25, -0.2) is 14.2 Å². The fourth-order valence-electron chi connectivity index (χ4n) is 6.94. The van der Waals surface area contributed by atoms with E-state index in [-0.39, 0.29) is 46.7 Å². The minimum atomic E-state index is -0.517. The third kappa shape index (κ3) is 8.88. The molecule has 0 N–H and O–H groups in total. The lowest BCUT2D eigenvalue weighted by molar-refractivity contribution is -0.0346. The van der Waals surface area contributed by atoms with Gasteiger partial charge in [0.05, 0.1) is 5.56 Å². The van der Waals surface area contributed by atoms with Crippen LogP contribution in [0, 0.1) is 17.2 Å². The van der Waals surface area contributed by atoms with Crippen molar-refractivity contribution in [3.05, 3.63) is 35.9 Å². The number of carbonyl (C=O) groups excluding carboxylic acids is 2. The van der Waals surface area contributed by atoms with Crippen molar-refractivity contribution < 1.29 is 23.5 Å². The minimum absolute atomic E-state index is 0.0796. The SMILES string of the molecule is CC(C)C(CCCN(C)C(=O)OC(C)(C)C)N1CC2(CCN(c3ncnnc3Oc3ccc(F)cc3C(=O)N(C(C)C)C(C)C)C2)C1. The van der Waals surface area contributed by atoms with E-state index in [0.717, 1.165) is 45.4 Å². The second-order valence-corrected chi connectivity index (χ2v) is 15.2. The number of hydrogen-bond donors (Lipinski definition) is 0. The number of anilines is 1. The van der Waals surface area contributed by atoms with Crippen molar-refractivity contribution in [2.75, 3.05) is 44.7 Å². The Morgan fingerprint density at radius 1 is 1.06 bits per heavy atom. The molecule has 2 fully saturated rings. The molecule has 0 radical (unpaired) electrons. The summed E-state index contributed by atoms with van der Waals surface area (Å²) in [6, 6.07) is 4.22. The fraction of sp³-hybridized carbons (Fsp3) is 0.686. The van der Waals surface area contributed by atoms with Gasteiger partial charge in [-0.05, 0) is 91.8 Å². The monoisotopic (exact) mass is 655 g/mol. The van der Waals surface area contributed by atoms with Gasteiger partial charge in [-0.3, -0.25) is 9.69 Å². The first-order chi connectivity index (χ1) is 22.0. The Bertz CT molecular complexity index is 1380. The lowest BCUT2D eigenvalue weighted by Crippen LogP contribution is -2.62. The maximum atomic E-state index is 14.4. The largest absolute Gasteiger partial charge is 0.444 e. The number of carbonyl (C=O) groups is 2. The molecule has 11 nitrogen and oxygen atoms in total. The van der Waals surface area contributed by atoms with Gasteiger partial charge in [0.2, 0.25) is 0 Å². The summed E-state index contributed by atoms with van der Waals surface area (Å²) in [4.78, 5) is 38.6. The number of hydrogen-bond acceptors (Lipinski definition) is 9. The number of likely N-dealkylation sites (tertiary alicyclic amines) is 1. The van der Waals surface area contributed by atoms with Crippen LogP contribution < -0.4 is 9.64 Å². The van der Waals surface area contributed by atoms with E-state index in [1.165, 1.54) is 24.5 Å². The number of ether oxygens (including phenoxy) is 2. The van der Waals surface area contributed by atoms with Crippen molar-refractivity contribution in [1.82, 2.24) is 29.9 Å². The zero-order valence-electron chi connectivity index (χ0n) is 29.9. The predicted molar refractivity (Wildman–Crippen MR) is 180 cm³/mol. The average molecular weight is 656 g/mol. The van der Waals surface area contributed by atoms with Crippen LogP contribution in [0.2, 0.25) is 0 Å². The Morgan fingerprint density at radius 2 is 1.74 bits per heavy atom. The summed E-state index contributed by atoms with van der Waals surface area (Å²) in [6.07, 6.45) is 4.03. The molecule has 2 saturated heterocycles. The van der Waals surface area contributed by atoms with Crippen LogP contribution in [0.4, 0.5) is 15.0 Å². The molecule has 2 aliphatic heterocycles. The van der Waals surface area contributed by atoms with Crippen molar-refractivity contribution in [2.24, 2.45) is 11.3 Å². The Balaban J connectivity index is 1.41. The van der Waals surface area contributed by atoms with Crippen LogP contribution in [0.3, 0.4) is 0 Å². The van der Waals surface area contributed by atoms with E-state index in [4.69, 9.17) is 9.47 Å². The first kappa shape index (κ1) is 36.3. The van der Waals surface area contributed by atoms with Crippen molar-refractivity contribution in [3.63, 3.8) is 0 Å². The van der Waals surface area contributed by atoms with Crippen molar-refractivity contribution >= 4 is 17.8 Å². The van der Waals surface area contributed by atoms with Crippen LogP contribution in [0.15, 0.2) is 24.5 Å². The first-order valence-electron chi connectivity index (χ1n) is 16.9. The highest BCUT2D eigenvalue weighted by Gasteiger charge is 2.50. The molecule has 3 heterocycles. The van der Waals surface area contributed by atoms with E-state index in [1.54, 1.807) is 16.8 Å². The Morgan fingerprint density at radius 3 is 2.36 bits per heavy atom. The summed E-state index contributed by atoms with van der Waals surface area (Å²) in [6.45, 7) is 22.1. The van der Waals surface area contributed by atoms with Crippen LogP contribution in [0.1, 0.15) is 91.9 Å². The van der Waals surface area contributed by atoms with Crippen LogP contribution in [0.5, 0.6) is 11.6 Å². The summed E-state index contributed by atoms with van der Waals surface area (Å²) >= 11 is 0. The normalized spacial score (nSPS) is 16.9. The van der Waals surface area contributed by atoms with E-state index in [2.05, 4.69) is 38.8 Å². The molecule has 4 rings (SSSR count). The zero-order chi connectivity index (χ0) is 34.7. The number of halogens is 1. The summed E-state index contributed by atoms with van der Waals surface area (Å²) < 4.78 is 26.1. The van der Waals surface area contributed by atoms with Crippen LogP contribution in [-0.2, 0) is 4.74 Å². The van der Waals surface area contributed by atoms with Gasteiger partial charge in [0.1, 0.15) is 23.5 Å². The maximum absolute atomic E-state index is 14.4. The number of benzene rings is 1. The molecule has 2 aromatic rings. The minimum Gasteiger partial charge on any atom is -0.444 e. The number of aromatic nitrogens is 3. The molecule has 12 heteroatoms. The number of nitrogens with zero attached hydrogens (tertiary/aromatic N) is 7. The molecule has 260 valence electrons. The lowest BCUT2D eigenvalue weighted by atomic mass is 9.76. The third-order valence-corrected chi connectivity index (χ3v) is 9.05. The molecule has 0 aliphatic carbocycles. The van der Waals surface area contributed by atoms with Gasteiger partial charge in [0, 0.05) is 63.3 Å². The Labute approximate surface area is 279 Å². The highest BCUT2D eigenvalue weighted by molar-refractivity contribution is 5.97. The van der Waals surface area contributed by atoms with Gasteiger partial charge in [-0.15, -0.1) is 10.2 Å². The topological polar surface area (TPSA) is 104 Å². The van der Waals surface area contributed by atoms with Gasteiger partial charge >= 0.3 is 6.09 Å². The van der Waals surface area contributed by atoms with E-state index in [9.17, 15) is 14.0 Å². The maximum Gasteiger partial charge on any atom is 0.410 e. The molecule has 1 atom stereocenters. The van der Waals surface area contributed by atoms with Gasteiger partial charge in [-0.1, -0.05) is 13.8 Å². The van der Waals surface area contributed by atoms with Crippen LogP contribution in [0.25, 0.3) is 0 Å². The van der Waals surface area contributed by atoms with Crippen LogP contribution >= 0.6 is 0 Å². The van der Waals surface area contributed by atoms with Gasteiger partial charge in [0.15, 0.2) is 5.82 Å². The smallest absolute Gasteiger partial charge is 0.410 e. The highest BCUT2D eigenvalue weighted by Crippen LogP contribution is 2.44. The average Bonchev–Trinajstić information content (AvgIpc) is 3.40. The molecule has 0 bridgehead atoms. The molecular formula is C35H54FN7O4. The van der Waals surface area contributed by atoms with Crippen LogP contribution in [-0.4, -0.2) is 105 Å². The number of rotatable bonds is 12. The molecule has 2 amide bonds. The van der Waals surface area contributed by atoms with E-state index in [0.29, 0.717) is 24.3 Å². The lowest BCUT2D eigenvalue weighted by Gasteiger charge is -2.53. The molecule has 0 saturated carbocycles. The molecule has 2 aliphatic rings. The summed E-state index contributed by atoms with van der Waals surface area (Å²) in [5.74, 6) is 0.624. The summed E-state index contributed by atoms with van der Waals surface area (Å²) in [5.41, 5.74) is -0.240. The highest BCUT2D eigenvalue weighted by atomic mass is 19.1. The summed E-state index contributed by atoms with van der Waals surface area (Å²) in [5, 5.41) is 8.22. The number of amides is 2. The van der Waals surface area contributed by atoms with E-state index in [1.807, 2.05) is 48.5 Å². The Kier molecular flexibility index (Phi) is 11.4. The van der Waals surface area contributed by atoms with E-state index < -0.39 is 11.4 Å². The molecule has 1 aromatic carbocycles. The van der Waals surface area contributed by atoms with Crippen molar-refractivity contribution in [1.29, 1.82) is 0 Å². The molecule has 1 aromatic heterocycles. The molecule has 47 heavy (non-hydrogen) atoms. The van der Waals surface area contributed by atoms with Gasteiger partial charge < -0.3 is 24.2 Å². The van der Waals surface area contributed by atoms with Crippen molar-refractivity contribution in [3.8, 4) is 11.6 Å². The second-order valence-electron chi connectivity index (χ2n) is 15.2. The third-order valence-electron chi connectivity index (χ3n) is 9.05. The zero-order valence-corrected chi connectivity index (χ0v) is 29.9. The van der Waals surface area contributed by atoms with E-state index >= 15 is 0 Å². The standard InChI is InChI=1S/C35H54FN7O4/c1-23(2)28(12-11-16-40(10)33(45)47-34(7,8)9)42-20-35(21-42)15-17-41(19-35)30-31(39-38-22-37-30)46-29-14-13-26(36)18-27(29)32(44)43(24(3)4)25(5)6/h13-14,18,22-25,28H,11-12,15-17,19-21H2,1-10H3. The molecular weight excluding hydrogens is 601 g/mol. The molecule has 1 spiro atoms. The summed E-state index contributed by atoms with van der Waals surface area (Å²) in [7, 11) is 1.80. The van der Waals surface area contributed by atoms with Crippen molar-refractivity contribution in [2.45, 2.75) is 105 Å². The second kappa shape index (κ2) is 14.7. The quantitative estimate of drug-likeness (QED) is 0.263. The first-order valence-corrected chi connectivity index (χ1v) is 16.9. The fourth-order valence-corrected chi connectivity index (χ4v) is 6.94. The molecule has 1 unspecified atom stereocenters. The Hall–Kier alpha value is -3.54. The van der Waals surface area contributed by atoms with Gasteiger partial charge in [-0.2, -0.15) is 0 Å².